The summed E-state index contributed by atoms with van der Waals surface area (Å²) >= 11 is 0. The molecule has 1 aliphatic rings. The summed E-state index contributed by atoms with van der Waals surface area (Å²) in [5, 5.41) is 3.03. The first-order valence-electron chi connectivity index (χ1n) is 6.73. The van der Waals surface area contributed by atoms with Crippen LogP contribution >= 0.6 is 0 Å². The fourth-order valence-corrected chi connectivity index (χ4v) is 2.98. The topological polar surface area (TPSA) is 29.1 Å². The molecule has 0 saturated carbocycles. The molecule has 1 aliphatic heterocycles. The van der Waals surface area contributed by atoms with E-state index < -0.39 is 5.41 Å². The Labute approximate surface area is 113 Å². The molecule has 1 fully saturated rings. The van der Waals surface area contributed by atoms with E-state index in [2.05, 4.69) is 29.6 Å². The van der Waals surface area contributed by atoms with Crippen LogP contribution in [-0.4, -0.2) is 12.5 Å². The smallest absolute Gasteiger partial charge is 0.235 e. The molecule has 1 amide bonds. The molecule has 2 nitrogen and oxygen atoms in total. The molecule has 96 valence electrons. The third-order valence-electron chi connectivity index (χ3n) is 3.93. The summed E-state index contributed by atoms with van der Waals surface area (Å²) in [6.45, 7) is 0.778. The molecule has 0 aromatic heterocycles. The van der Waals surface area contributed by atoms with E-state index in [1.165, 1.54) is 0 Å². The third kappa shape index (κ3) is 1.93. The van der Waals surface area contributed by atoms with Gasteiger partial charge in [0.2, 0.25) is 5.91 Å². The fourth-order valence-electron chi connectivity index (χ4n) is 2.98. The second-order valence-corrected chi connectivity index (χ2v) is 5.00. The van der Waals surface area contributed by atoms with Crippen LogP contribution in [0, 0.1) is 0 Å². The number of piperidine rings is 1. The maximum absolute atomic E-state index is 12.6. The number of amides is 1. The zero-order valence-electron chi connectivity index (χ0n) is 10.8. The number of rotatable bonds is 2. The highest BCUT2D eigenvalue weighted by molar-refractivity contribution is 5.92. The molecule has 0 aliphatic carbocycles. The molecule has 19 heavy (non-hydrogen) atoms. The van der Waals surface area contributed by atoms with Crippen LogP contribution < -0.4 is 5.32 Å². The number of carbonyl (C=O) groups is 1. The first-order chi connectivity index (χ1) is 9.34. The lowest BCUT2D eigenvalue weighted by Crippen LogP contribution is -2.49. The molecule has 0 bridgehead atoms. The van der Waals surface area contributed by atoms with Crippen LogP contribution in [0.4, 0.5) is 0 Å². The molecule has 1 N–H and O–H groups in total. The summed E-state index contributed by atoms with van der Waals surface area (Å²) < 4.78 is 0. The molecular weight excluding hydrogens is 234 g/mol. The Kier molecular flexibility index (Phi) is 3.08. The van der Waals surface area contributed by atoms with Crippen molar-refractivity contribution in [1.29, 1.82) is 0 Å². The van der Waals surface area contributed by atoms with Crippen molar-refractivity contribution >= 4 is 5.91 Å². The van der Waals surface area contributed by atoms with Gasteiger partial charge < -0.3 is 5.32 Å². The van der Waals surface area contributed by atoms with Gasteiger partial charge in [-0.2, -0.15) is 0 Å². The summed E-state index contributed by atoms with van der Waals surface area (Å²) in [5.74, 6) is 0.121. The predicted molar refractivity (Wildman–Crippen MR) is 75.9 cm³/mol. The number of carbonyl (C=O) groups excluding carboxylic acids is 1. The van der Waals surface area contributed by atoms with Gasteiger partial charge in [0.25, 0.3) is 0 Å². The highest BCUT2D eigenvalue weighted by atomic mass is 16.2. The van der Waals surface area contributed by atoms with E-state index in [-0.39, 0.29) is 5.91 Å². The van der Waals surface area contributed by atoms with Crippen LogP contribution in [0.3, 0.4) is 0 Å². The summed E-state index contributed by atoms with van der Waals surface area (Å²) in [4.78, 5) is 12.6. The first kappa shape index (κ1) is 12.0. The predicted octanol–water partition coefficient (Wildman–Crippen LogP) is 2.88. The van der Waals surface area contributed by atoms with Crippen molar-refractivity contribution in [2.24, 2.45) is 0 Å². The van der Waals surface area contributed by atoms with Gasteiger partial charge in [-0.3, -0.25) is 4.79 Å². The summed E-state index contributed by atoms with van der Waals surface area (Å²) in [6.07, 6.45) is 1.88. The second-order valence-electron chi connectivity index (χ2n) is 5.00. The number of benzene rings is 2. The molecule has 2 heteroatoms. The summed E-state index contributed by atoms with van der Waals surface area (Å²) in [7, 11) is 0. The van der Waals surface area contributed by atoms with Crippen molar-refractivity contribution < 1.29 is 4.79 Å². The second kappa shape index (κ2) is 4.88. The molecule has 2 aromatic carbocycles. The van der Waals surface area contributed by atoms with E-state index in [0.29, 0.717) is 0 Å². The minimum absolute atomic E-state index is 0.121. The van der Waals surface area contributed by atoms with E-state index in [4.69, 9.17) is 0 Å². The minimum atomic E-state index is -0.527. The van der Waals surface area contributed by atoms with E-state index in [1.54, 1.807) is 0 Å². The molecule has 3 rings (SSSR count). The molecule has 1 saturated heterocycles. The van der Waals surface area contributed by atoms with Crippen molar-refractivity contribution in [2.75, 3.05) is 6.54 Å². The number of nitrogens with one attached hydrogen (secondary N) is 1. The highest BCUT2D eigenvalue weighted by Crippen LogP contribution is 2.38. The third-order valence-corrected chi connectivity index (χ3v) is 3.93. The van der Waals surface area contributed by atoms with Crippen molar-refractivity contribution in [2.45, 2.75) is 18.3 Å². The largest absolute Gasteiger partial charge is 0.355 e. The van der Waals surface area contributed by atoms with Crippen molar-refractivity contribution in [1.82, 2.24) is 5.32 Å². The number of hydrogen-bond acceptors (Lipinski definition) is 1. The lowest BCUT2D eigenvalue weighted by molar-refractivity contribution is -0.127. The Morgan fingerprint density at radius 2 is 1.37 bits per heavy atom. The van der Waals surface area contributed by atoms with Crippen LogP contribution in [0.2, 0.25) is 0 Å². The quantitative estimate of drug-likeness (QED) is 0.873. The SMILES string of the molecule is O=C1NCCCC1(c1ccccc1)c1ccccc1. The van der Waals surface area contributed by atoms with Gasteiger partial charge in [-0.25, -0.2) is 0 Å². The summed E-state index contributed by atoms with van der Waals surface area (Å²) in [5.41, 5.74) is 1.64. The zero-order valence-corrected chi connectivity index (χ0v) is 10.8. The summed E-state index contributed by atoms with van der Waals surface area (Å²) in [6, 6.07) is 20.2. The van der Waals surface area contributed by atoms with E-state index in [9.17, 15) is 4.79 Å². The average Bonchev–Trinajstić information content (AvgIpc) is 2.50. The van der Waals surface area contributed by atoms with E-state index >= 15 is 0 Å². The normalized spacial score (nSPS) is 17.8. The highest BCUT2D eigenvalue weighted by Gasteiger charge is 2.43. The lowest BCUT2D eigenvalue weighted by atomic mass is 9.69. The van der Waals surface area contributed by atoms with Gasteiger partial charge in [0.1, 0.15) is 0 Å². The van der Waals surface area contributed by atoms with Gasteiger partial charge in [0, 0.05) is 6.54 Å². The Balaban J connectivity index is 2.19. The van der Waals surface area contributed by atoms with E-state index in [1.807, 2.05) is 36.4 Å². The monoisotopic (exact) mass is 251 g/mol. The maximum Gasteiger partial charge on any atom is 0.235 e. The first-order valence-corrected chi connectivity index (χ1v) is 6.73. The van der Waals surface area contributed by atoms with Crippen molar-refractivity contribution in [3.05, 3.63) is 71.8 Å². The van der Waals surface area contributed by atoms with Crippen LogP contribution in [0.1, 0.15) is 24.0 Å². The van der Waals surface area contributed by atoms with Gasteiger partial charge in [-0.1, -0.05) is 60.7 Å². The standard InChI is InChI=1S/C17H17NO/c19-16-17(12-7-13-18-16,14-8-3-1-4-9-14)15-10-5-2-6-11-15/h1-6,8-11H,7,12-13H2,(H,18,19). The fraction of sp³-hybridized carbons (Fsp3) is 0.235. The molecular formula is C17H17NO. The molecule has 1 heterocycles. The van der Waals surface area contributed by atoms with Crippen molar-refractivity contribution in [3.63, 3.8) is 0 Å². The zero-order chi connectivity index (χ0) is 13.1. The minimum Gasteiger partial charge on any atom is -0.355 e. The van der Waals surface area contributed by atoms with Gasteiger partial charge >= 0.3 is 0 Å². The average molecular weight is 251 g/mol. The Morgan fingerprint density at radius 3 is 1.84 bits per heavy atom. The van der Waals surface area contributed by atoms with Crippen LogP contribution in [0.15, 0.2) is 60.7 Å². The van der Waals surface area contributed by atoms with Crippen molar-refractivity contribution in [3.8, 4) is 0 Å². The van der Waals surface area contributed by atoms with Gasteiger partial charge in [-0.05, 0) is 24.0 Å². The molecule has 2 aromatic rings. The van der Waals surface area contributed by atoms with Crippen LogP contribution in [0.25, 0.3) is 0 Å². The Hall–Kier alpha value is -2.09. The van der Waals surface area contributed by atoms with Crippen LogP contribution in [-0.2, 0) is 10.2 Å². The Morgan fingerprint density at radius 1 is 0.842 bits per heavy atom. The van der Waals surface area contributed by atoms with E-state index in [0.717, 1.165) is 30.5 Å². The Bertz CT molecular complexity index is 523. The van der Waals surface area contributed by atoms with Gasteiger partial charge in [0.15, 0.2) is 0 Å². The van der Waals surface area contributed by atoms with Gasteiger partial charge in [-0.15, -0.1) is 0 Å². The van der Waals surface area contributed by atoms with Gasteiger partial charge in [0.05, 0.1) is 5.41 Å². The van der Waals surface area contributed by atoms with Crippen LogP contribution in [0.5, 0.6) is 0 Å². The molecule has 0 unspecified atom stereocenters. The lowest BCUT2D eigenvalue weighted by Gasteiger charge is -2.37. The maximum atomic E-state index is 12.6. The molecule has 0 spiro atoms. The molecule has 0 atom stereocenters. The number of hydrogen-bond donors (Lipinski definition) is 1. The molecule has 0 radical (unpaired) electrons.